The van der Waals surface area contributed by atoms with E-state index >= 15 is 0 Å². The van der Waals surface area contributed by atoms with Gasteiger partial charge in [0.05, 0.1) is 7.11 Å². The summed E-state index contributed by atoms with van der Waals surface area (Å²) in [6.45, 7) is 0.828. The van der Waals surface area contributed by atoms with Gasteiger partial charge in [-0.1, -0.05) is 59.6 Å². The summed E-state index contributed by atoms with van der Waals surface area (Å²) >= 11 is 12.4. The van der Waals surface area contributed by atoms with Gasteiger partial charge in [-0.25, -0.2) is 0 Å². The first-order valence-corrected chi connectivity index (χ1v) is 11.3. The fraction of sp³-hybridized carbons (Fsp3) is 0.111. The summed E-state index contributed by atoms with van der Waals surface area (Å²) in [6, 6.07) is 22.6. The molecule has 0 atom stereocenters. The number of methoxy groups -OCH3 is 1. The fourth-order valence-corrected chi connectivity index (χ4v) is 4.15. The van der Waals surface area contributed by atoms with Crippen molar-refractivity contribution < 1.29 is 9.53 Å². The van der Waals surface area contributed by atoms with Crippen LogP contribution in [-0.4, -0.2) is 17.6 Å². The number of halogens is 2. The maximum Gasteiger partial charge on any atom is 0.262 e. The minimum Gasteiger partial charge on any atom is -0.497 e. The molecule has 4 aromatic rings. The standard InChI is InChI=1S/C27H21Cl2N3O2/c1-34-23-10-6-18(7-11-23)15-31-27(33)20(14-30)12-21-17-32(26-5-3-2-4-24(21)26)16-19-8-9-22(28)13-25(19)29/h2-13,17H,15-16H2,1H3,(H,31,33)/b20-12+. The number of para-hydroxylation sites is 1. The quantitative estimate of drug-likeness (QED) is 0.247. The highest BCUT2D eigenvalue weighted by Gasteiger charge is 2.13. The van der Waals surface area contributed by atoms with Crippen molar-refractivity contribution >= 4 is 46.1 Å². The van der Waals surface area contributed by atoms with E-state index in [1.807, 2.05) is 71.4 Å². The van der Waals surface area contributed by atoms with Gasteiger partial charge in [0.15, 0.2) is 0 Å². The van der Waals surface area contributed by atoms with Gasteiger partial charge in [0.1, 0.15) is 17.4 Å². The number of rotatable bonds is 7. The third kappa shape index (κ3) is 5.26. The number of nitriles is 1. The minimum atomic E-state index is -0.434. The maximum atomic E-state index is 12.7. The van der Waals surface area contributed by atoms with Gasteiger partial charge in [-0.3, -0.25) is 4.79 Å². The highest BCUT2D eigenvalue weighted by atomic mass is 35.5. The first kappa shape index (κ1) is 23.4. The SMILES string of the molecule is COc1ccc(CNC(=O)/C(C#N)=C/c2cn(Cc3ccc(Cl)cc3Cl)c3ccccc23)cc1. The lowest BCUT2D eigenvalue weighted by atomic mass is 10.1. The van der Waals surface area contributed by atoms with Gasteiger partial charge in [0, 0.05) is 45.8 Å². The van der Waals surface area contributed by atoms with Crippen LogP contribution in [0.5, 0.6) is 5.75 Å². The van der Waals surface area contributed by atoms with E-state index in [9.17, 15) is 10.1 Å². The van der Waals surface area contributed by atoms with Gasteiger partial charge in [-0.2, -0.15) is 5.26 Å². The molecule has 1 aromatic heterocycles. The average Bonchev–Trinajstić information content (AvgIpc) is 3.20. The Kier molecular flexibility index (Phi) is 7.22. The molecule has 4 rings (SSSR count). The lowest BCUT2D eigenvalue weighted by Crippen LogP contribution is -2.23. The number of nitrogens with zero attached hydrogens (tertiary/aromatic N) is 2. The number of benzene rings is 3. The van der Waals surface area contributed by atoms with E-state index in [2.05, 4.69) is 5.32 Å². The first-order valence-electron chi connectivity index (χ1n) is 10.5. The zero-order valence-electron chi connectivity index (χ0n) is 18.4. The Hall–Kier alpha value is -3.72. The molecule has 0 radical (unpaired) electrons. The predicted octanol–water partition coefficient (Wildman–Crippen LogP) is 6.23. The average molecular weight is 490 g/mol. The van der Waals surface area contributed by atoms with Crippen LogP contribution in [0.3, 0.4) is 0 Å². The van der Waals surface area contributed by atoms with Crippen molar-refractivity contribution in [1.82, 2.24) is 9.88 Å². The van der Waals surface area contributed by atoms with Gasteiger partial charge in [0.2, 0.25) is 0 Å². The Balaban J connectivity index is 1.59. The van der Waals surface area contributed by atoms with Crippen molar-refractivity contribution in [3.05, 3.63) is 105 Å². The Labute approximate surface area is 207 Å². The highest BCUT2D eigenvalue weighted by Crippen LogP contribution is 2.27. The van der Waals surface area contributed by atoms with E-state index in [0.717, 1.165) is 33.3 Å². The molecule has 3 aromatic carbocycles. The number of aromatic nitrogens is 1. The Morgan fingerprint density at radius 1 is 1.12 bits per heavy atom. The summed E-state index contributed by atoms with van der Waals surface area (Å²) in [4.78, 5) is 12.7. The van der Waals surface area contributed by atoms with Crippen molar-refractivity contribution in [1.29, 1.82) is 5.26 Å². The molecule has 5 nitrogen and oxygen atoms in total. The predicted molar refractivity (Wildman–Crippen MR) is 136 cm³/mol. The molecule has 1 N–H and O–H groups in total. The van der Waals surface area contributed by atoms with Gasteiger partial charge in [-0.15, -0.1) is 0 Å². The molecular formula is C27H21Cl2N3O2. The van der Waals surface area contributed by atoms with Crippen LogP contribution in [0.2, 0.25) is 10.0 Å². The maximum absolute atomic E-state index is 12.7. The van der Waals surface area contributed by atoms with Crippen molar-refractivity contribution in [2.24, 2.45) is 0 Å². The van der Waals surface area contributed by atoms with E-state index in [0.29, 0.717) is 23.1 Å². The van der Waals surface area contributed by atoms with E-state index in [-0.39, 0.29) is 5.57 Å². The number of ether oxygens (including phenoxy) is 1. The number of fused-ring (bicyclic) bond motifs is 1. The second-order valence-electron chi connectivity index (χ2n) is 7.67. The molecule has 34 heavy (non-hydrogen) atoms. The van der Waals surface area contributed by atoms with Crippen LogP contribution in [0.1, 0.15) is 16.7 Å². The smallest absolute Gasteiger partial charge is 0.262 e. The molecule has 0 aliphatic heterocycles. The fourth-order valence-electron chi connectivity index (χ4n) is 3.68. The molecule has 0 saturated heterocycles. The number of hydrogen-bond acceptors (Lipinski definition) is 3. The van der Waals surface area contributed by atoms with E-state index in [1.54, 1.807) is 25.3 Å². The normalized spacial score (nSPS) is 11.3. The summed E-state index contributed by atoms with van der Waals surface area (Å²) < 4.78 is 7.19. The number of carbonyl (C=O) groups is 1. The minimum absolute atomic E-state index is 0.0286. The molecule has 0 fully saturated rings. The molecule has 0 saturated carbocycles. The van der Waals surface area contributed by atoms with Gasteiger partial charge in [0.25, 0.3) is 5.91 Å². The highest BCUT2D eigenvalue weighted by molar-refractivity contribution is 6.35. The van der Waals surface area contributed by atoms with E-state index < -0.39 is 5.91 Å². The van der Waals surface area contributed by atoms with Gasteiger partial charge >= 0.3 is 0 Å². The number of carbonyl (C=O) groups excluding carboxylic acids is 1. The van der Waals surface area contributed by atoms with Gasteiger partial charge in [-0.05, 0) is 47.5 Å². The molecule has 0 spiro atoms. The third-order valence-corrected chi connectivity index (χ3v) is 6.04. The largest absolute Gasteiger partial charge is 0.497 e. The van der Waals surface area contributed by atoms with Crippen molar-refractivity contribution in [2.45, 2.75) is 13.1 Å². The number of nitrogens with one attached hydrogen (secondary N) is 1. The Bertz CT molecular complexity index is 1420. The van der Waals surface area contributed by atoms with Crippen LogP contribution in [-0.2, 0) is 17.9 Å². The zero-order chi connectivity index (χ0) is 24.1. The molecule has 0 unspecified atom stereocenters. The monoisotopic (exact) mass is 489 g/mol. The first-order chi connectivity index (χ1) is 16.5. The van der Waals surface area contributed by atoms with Crippen molar-refractivity contribution in [2.75, 3.05) is 7.11 Å². The van der Waals surface area contributed by atoms with Crippen molar-refractivity contribution in [3.63, 3.8) is 0 Å². The molecular weight excluding hydrogens is 469 g/mol. The second kappa shape index (κ2) is 10.5. The summed E-state index contributed by atoms with van der Waals surface area (Å²) in [6.07, 6.45) is 3.54. The Morgan fingerprint density at radius 3 is 2.59 bits per heavy atom. The van der Waals surface area contributed by atoms with Crippen LogP contribution in [0.25, 0.3) is 17.0 Å². The Morgan fingerprint density at radius 2 is 1.88 bits per heavy atom. The molecule has 0 bridgehead atoms. The summed E-state index contributed by atoms with van der Waals surface area (Å²) in [7, 11) is 1.60. The summed E-state index contributed by atoms with van der Waals surface area (Å²) in [5.74, 6) is 0.305. The molecule has 0 aliphatic rings. The molecule has 1 amide bonds. The number of hydrogen-bond donors (Lipinski definition) is 1. The topological polar surface area (TPSA) is 67.0 Å². The molecule has 1 heterocycles. The van der Waals surface area contributed by atoms with Crippen molar-refractivity contribution in [3.8, 4) is 11.8 Å². The van der Waals surface area contributed by atoms with Crippen LogP contribution in [0, 0.1) is 11.3 Å². The number of amides is 1. The lowest BCUT2D eigenvalue weighted by molar-refractivity contribution is -0.117. The van der Waals surface area contributed by atoms with Crippen LogP contribution in [0.4, 0.5) is 0 Å². The summed E-state index contributed by atoms with van der Waals surface area (Å²) in [5.41, 5.74) is 3.59. The lowest BCUT2D eigenvalue weighted by Gasteiger charge is -2.08. The van der Waals surface area contributed by atoms with Crippen LogP contribution < -0.4 is 10.1 Å². The van der Waals surface area contributed by atoms with Crippen LogP contribution in [0.15, 0.2) is 78.5 Å². The molecule has 170 valence electrons. The van der Waals surface area contributed by atoms with Gasteiger partial charge < -0.3 is 14.6 Å². The second-order valence-corrected chi connectivity index (χ2v) is 8.51. The zero-order valence-corrected chi connectivity index (χ0v) is 19.9. The van der Waals surface area contributed by atoms with Crippen LogP contribution >= 0.6 is 23.2 Å². The molecule has 0 aliphatic carbocycles. The third-order valence-electron chi connectivity index (χ3n) is 5.45. The molecule has 7 heteroatoms. The summed E-state index contributed by atoms with van der Waals surface area (Å²) in [5, 5.41) is 14.6. The van der Waals surface area contributed by atoms with E-state index in [1.165, 1.54) is 0 Å². The van der Waals surface area contributed by atoms with E-state index in [4.69, 9.17) is 27.9 Å².